The van der Waals surface area contributed by atoms with Crippen LogP contribution in [-0.2, 0) is 0 Å². The van der Waals surface area contributed by atoms with Crippen molar-refractivity contribution in [2.45, 2.75) is 105 Å². The zero-order valence-electron chi connectivity index (χ0n) is 26.4. The second-order valence-electron chi connectivity index (χ2n) is 12.1. The van der Waals surface area contributed by atoms with Crippen molar-refractivity contribution < 1.29 is 9.59 Å². The summed E-state index contributed by atoms with van der Waals surface area (Å²) in [6.45, 7) is 20.7. The summed E-state index contributed by atoms with van der Waals surface area (Å²) in [5.74, 6) is 0.00520. The van der Waals surface area contributed by atoms with Gasteiger partial charge in [-0.2, -0.15) is 0 Å². The number of carbonyl (C=O) groups excluding carboxylic acids is 2. The van der Waals surface area contributed by atoms with Gasteiger partial charge >= 0.3 is 0 Å². The zero-order valence-corrected chi connectivity index (χ0v) is 26.4. The molecule has 1 N–H and O–H groups in total. The number of rotatable bonds is 10. The van der Waals surface area contributed by atoms with Gasteiger partial charge in [-0.15, -0.1) is 0 Å². The van der Waals surface area contributed by atoms with Crippen LogP contribution in [0, 0.1) is 6.92 Å². The second-order valence-corrected chi connectivity index (χ2v) is 12.1. The molecule has 2 atom stereocenters. The van der Waals surface area contributed by atoms with E-state index in [0.29, 0.717) is 0 Å². The fourth-order valence-electron chi connectivity index (χ4n) is 6.39. The Kier molecular flexibility index (Phi) is 10.2. The standard InChI is InChI=1S/C35H49N3O2/c1-21(2)37(22(3)4)34(39)31-25(9)15-14-18-30(31)33(36-11)26(10)28-20-19-27-16-12-13-17-29(27)32(28)35(40)38(23(5)6)24(7)8/h12-24,26,33,36H,1-11H3/t26-,33-/m0/s1. The van der Waals surface area contributed by atoms with E-state index in [4.69, 9.17) is 0 Å². The molecule has 3 rings (SSSR count). The molecule has 0 fully saturated rings. The smallest absolute Gasteiger partial charge is 0.255 e. The van der Waals surface area contributed by atoms with E-state index in [1.807, 2.05) is 48.0 Å². The molecule has 3 aromatic rings. The van der Waals surface area contributed by atoms with Crippen molar-refractivity contribution in [3.05, 3.63) is 82.4 Å². The Bertz CT molecular complexity index is 1330. The Morgan fingerprint density at radius 2 is 1.15 bits per heavy atom. The maximum absolute atomic E-state index is 14.3. The minimum absolute atomic E-state index is 0.0461. The van der Waals surface area contributed by atoms with E-state index < -0.39 is 0 Å². The minimum atomic E-state index is -0.181. The van der Waals surface area contributed by atoms with Crippen LogP contribution in [0.15, 0.2) is 54.6 Å². The lowest BCUT2D eigenvalue weighted by Gasteiger charge is -2.35. The number of benzene rings is 3. The summed E-state index contributed by atoms with van der Waals surface area (Å²) in [6.07, 6.45) is 0. The Morgan fingerprint density at radius 3 is 1.68 bits per heavy atom. The molecule has 40 heavy (non-hydrogen) atoms. The molecule has 0 radical (unpaired) electrons. The Balaban J connectivity index is 2.25. The quantitative estimate of drug-likeness (QED) is 0.285. The maximum Gasteiger partial charge on any atom is 0.255 e. The molecular weight excluding hydrogens is 494 g/mol. The summed E-state index contributed by atoms with van der Waals surface area (Å²) in [5.41, 5.74) is 4.40. The van der Waals surface area contributed by atoms with E-state index >= 15 is 0 Å². The first kappa shape index (κ1) is 31.3. The number of nitrogens with one attached hydrogen (secondary N) is 1. The maximum atomic E-state index is 14.3. The Labute approximate surface area is 241 Å². The molecule has 2 amide bonds. The highest BCUT2D eigenvalue weighted by molar-refractivity contribution is 6.09. The zero-order chi connectivity index (χ0) is 29.9. The van der Waals surface area contributed by atoms with Gasteiger partial charge < -0.3 is 15.1 Å². The number of carbonyl (C=O) groups is 2. The molecule has 3 aromatic carbocycles. The number of hydrogen-bond acceptors (Lipinski definition) is 3. The number of fused-ring (bicyclic) bond motifs is 1. The van der Waals surface area contributed by atoms with Crippen molar-refractivity contribution in [3.63, 3.8) is 0 Å². The fraction of sp³-hybridized carbons (Fsp3) is 0.486. The van der Waals surface area contributed by atoms with E-state index in [2.05, 4.69) is 98.0 Å². The molecule has 216 valence electrons. The Hall–Kier alpha value is -3.18. The molecule has 0 aliphatic rings. The first-order valence-corrected chi connectivity index (χ1v) is 14.8. The van der Waals surface area contributed by atoms with E-state index in [-0.39, 0.29) is 47.9 Å². The topological polar surface area (TPSA) is 52.7 Å². The molecule has 0 unspecified atom stereocenters. The summed E-state index contributed by atoms with van der Waals surface area (Å²) in [5, 5.41) is 5.54. The number of aryl methyl sites for hydroxylation is 1. The third-order valence-corrected chi connectivity index (χ3v) is 8.03. The van der Waals surface area contributed by atoms with Gasteiger partial charge in [0.05, 0.1) is 5.56 Å². The highest BCUT2D eigenvalue weighted by atomic mass is 16.2. The minimum Gasteiger partial charge on any atom is -0.334 e. The van der Waals surface area contributed by atoms with Gasteiger partial charge in [0.25, 0.3) is 11.8 Å². The molecule has 0 spiro atoms. The van der Waals surface area contributed by atoms with Crippen LogP contribution in [0.4, 0.5) is 0 Å². The molecule has 0 aliphatic heterocycles. The fourth-order valence-corrected chi connectivity index (χ4v) is 6.39. The number of likely N-dealkylation sites (N-methyl/N-ethyl adjacent to an activating group) is 1. The van der Waals surface area contributed by atoms with Gasteiger partial charge in [-0.05, 0) is 96.8 Å². The van der Waals surface area contributed by atoms with E-state index in [0.717, 1.165) is 38.6 Å². The summed E-state index contributed by atoms with van der Waals surface area (Å²) in [4.78, 5) is 32.3. The molecule has 0 aliphatic carbocycles. The van der Waals surface area contributed by atoms with Crippen LogP contribution >= 0.6 is 0 Å². The average molecular weight is 544 g/mol. The summed E-state index contributed by atoms with van der Waals surface area (Å²) in [7, 11) is 1.94. The van der Waals surface area contributed by atoms with Crippen molar-refractivity contribution in [1.82, 2.24) is 15.1 Å². The second kappa shape index (κ2) is 13.0. The molecule has 0 saturated heterocycles. The number of amides is 2. The molecular formula is C35H49N3O2. The van der Waals surface area contributed by atoms with Crippen LogP contribution in [-0.4, -0.2) is 52.8 Å². The predicted octanol–water partition coefficient (Wildman–Crippen LogP) is 7.73. The Morgan fingerprint density at radius 1 is 0.625 bits per heavy atom. The first-order valence-electron chi connectivity index (χ1n) is 14.8. The van der Waals surface area contributed by atoms with Crippen LogP contribution in [0.2, 0.25) is 0 Å². The average Bonchev–Trinajstić information content (AvgIpc) is 2.87. The van der Waals surface area contributed by atoms with Crippen molar-refractivity contribution in [1.29, 1.82) is 0 Å². The van der Waals surface area contributed by atoms with E-state index in [1.165, 1.54) is 0 Å². The van der Waals surface area contributed by atoms with Crippen molar-refractivity contribution in [3.8, 4) is 0 Å². The monoisotopic (exact) mass is 543 g/mol. The first-order chi connectivity index (χ1) is 18.8. The third-order valence-electron chi connectivity index (χ3n) is 8.03. The van der Waals surface area contributed by atoms with Gasteiger partial charge in [0.1, 0.15) is 0 Å². The lowest BCUT2D eigenvalue weighted by Crippen LogP contribution is -2.43. The number of hydrogen-bond donors (Lipinski definition) is 1. The summed E-state index contributed by atoms with van der Waals surface area (Å²) < 4.78 is 0. The van der Waals surface area contributed by atoms with Crippen LogP contribution in [0.3, 0.4) is 0 Å². The molecule has 0 aromatic heterocycles. The normalized spacial score (nSPS) is 13.4. The van der Waals surface area contributed by atoms with Crippen molar-refractivity contribution >= 4 is 22.6 Å². The largest absolute Gasteiger partial charge is 0.334 e. The molecule has 0 saturated carbocycles. The van der Waals surface area contributed by atoms with Crippen LogP contribution in [0.1, 0.15) is 112 Å². The van der Waals surface area contributed by atoms with Gasteiger partial charge in [0.2, 0.25) is 0 Å². The summed E-state index contributed by atoms with van der Waals surface area (Å²) >= 11 is 0. The van der Waals surface area contributed by atoms with E-state index in [9.17, 15) is 9.59 Å². The van der Waals surface area contributed by atoms with Crippen molar-refractivity contribution in [2.24, 2.45) is 0 Å². The molecule has 5 nitrogen and oxygen atoms in total. The lowest BCUT2D eigenvalue weighted by atomic mass is 9.81. The molecule has 0 heterocycles. The van der Waals surface area contributed by atoms with E-state index in [1.54, 1.807) is 0 Å². The van der Waals surface area contributed by atoms with Gasteiger partial charge in [0, 0.05) is 41.7 Å². The SMILES string of the molecule is CN[C@H](c1cccc(C)c1C(=O)N(C(C)C)C(C)C)[C@@H](C)c1ccc2ccccc2c1C(=O)N(C(C)C)C(C)C. The van der Waals surface area contributed by atoms with Gasteiger partial charge in [-0.25, -0.2) is 0 Å². The van der Waals surface area contributed by atoms with Crippen LogP contribution in [0.5, 0.6) is 0 Å². The third kappa shape index (κ3) is 6.10. The summed E-state index contributed by atoms with van der Waals surface area (Å²) in [6, 6.07) is 18.6. The molecule has 0 bridgehead atoms. The highest BCUT2D eigenvalue weighted by Gasteiger charge is 2.33. The number of nitrogens with zero attached hydrogens (tertiary/aromatic N) is 2. The predicted molar refractivity (Wildman–Crippen MR) is 168 cm³/mol. The van der Waals surface area contributed by atoms with Crippen LogP contribution < -0.4 is 5.32 Å². The highest BCUT2D eigenvalue weighted by Crippen LogP contribution is 2.38. The molecule has 5 heteroatoms. The lowest BCUT2D eigenvalue weighted by molar-refractivity contribution is 0.0631. The van der Waals surface area contributed by atoms with Crippen molar-refractivity contribution in [2.75, 3.05) is 7.05 Å². The van der Waals surface area contributed by atoms with Gasteiger partial charge in [-0.1, -0.05) is 61.5 Å². The van der Waals surface area contributed by atoms with Crippen LogP contribution in [0.25, 0.3) is 10.8 Å². The van der Waals surface area contributed by atoms with Gasteiger partial charge in [-0.3, -0.25) is 9.59 Å². The van der Waals surface area contributed by atoms with Gasteiger partial charge in [0.15, 0.2) is 0 Å².